The second-order valence-electron chi connectivity index (χ2n) is 7.43. The molecule has 6 nitrogen and oxygen atoms in total. The molecular weight excluding hydrogens is 350 g/mol. The van der Waals surface area contributed by atoms with Crippen molar-refractivity contribution in [1.82, 2.24) is 19.7 Å². The summed E-state index contributed by atoms with van der Waals surface area (Å²) in [4.78, 5) is 19.5. The van der Waals surface area contributed by atoms with Crippen molar-refractivity contribution in [2.24, 2.45) is 11.7 Å². The molecule has 1 saturated heterocycles. The van der Waals surface area contributed by atoms with E-state index in [0.717, 1.165) is 30.6 Å². The molecule has 144 valence electrons. The SMILES string of the molecule is CC(N)C1CCCN(C(=O)c2cn(-c3ccccc3)nc2-c2cccnc2)C1. The van der Waals surface area contributed by atoms with E-state index in [-0.39, 0.29) is 11.9 Å². The number of pyridine rings is 1. The molecule has 1 amide bonds. The second-order valence-corrected chi connectivity index (χ2v) is 7.43. The third-order valence-corrected chi connectivity index (χ3v) is 5.39. The zero-order valence-corrected chi connectivity index (χ0v) is 16.0. The molecule has 2 N–H and O–H groups in total. The summed E-state index contributed by atoms with van der Waals surface area (Å²) in [5, 5.41) is 4.73. The normalized spacial score (nSPS) is 18.1. The van der Waals surface area contributed by atoms with Gasteiger partial charge in [0.25, 0.3) is 5.91 Å². The van der Waals surface area contributed by atoms with Crippen molar-refractivity contribution in [3.8, 4) is 16.9 Å². The lowest BCUT2D eigenvalue weighted by atomic mass is 9.92. The van der Waals surface area contributed by atoms with Gasteiger partial charge >= 0.3 is 0 Å². The van der Waals surface area contributed by atoms with E-state index in [0.29, 0.717) is 23.7 Å². The molecule has 1 fully saturated rings. The number of likely N-dealkylation sites (tertiary alicyclic amines) is 1. The van der Waals surface area contributed by atoms with E-state index in [2.05, 4.69) is 4.98 Å². The second kappa shape index (κ2) is 7.94. The Morgan fingerprint density at radius 2 is 2.04 bits per heavy atom. The smallest absolute Gasteiger partial charge is 0.257 e. The van der Waals surface area contributed by atoms with Gasteiger partial charge in [0.15, 0.2) is 0 Å². The Bertz CT molecular complexity index is 936. The van der Waals surface area contributed by atoms with Gasteiger partial charge in [0.1, 0.15) is 5.69 Å². The number of carbonyl (C=O) groups is 1. The minimum absolute atomic E-state index is 0.00591. The van der Waals surface area contributed by atoms with Crippen LogP contribution in [0.25, 0.3) is 16.9 Å². The van der Waals surface area contributed by atoms with E-state index in [4.69, 9.17) is 10.8 Å². The lowest BCUT2D eigenvalue weighted by Crippen LogP contribution is -2.45. The third kappa shape index (κ3) is 3.68. The minimum atomic E-state index is 0.00591. The Kier molecular flexibility index (Phi) is 5.21. The molecule has 1 aliphatic heterocycles. The van der Waals surface area contributed by atoms with Crippen LogP contribution in [0, 0.1) is 5.92 Å². The van der Waals surface area contributed by atoms with Gasteiger partial charge in [-0.2, -0.15) is 5.10 Å². The van der Waals surface area contributed by atoms with Crippen LogP contribution in [-0.2, 0) is 0 Å². The number of hydrogen-bond donors (Lipinski definition) is 1. The van der Waals surface area contributed by atoms with Crippen LogP contribution >= 0.6 is 0 Å². The summed E-state index contributed by atoms with van der Waals surface area (Å²) in [6.07, 6.45) is 7.34. The monoisotopic (exact) mass is 375 g/mol. The van der Waals surface area contributed by atoms with Gasteiger partial charge in [-0.15, -0.1) is 0 Å². The summed E-state index contributed by atoms with van der Waals surface area (Å²) in [7, 11) is 0. The maximum Gasteiger partial charge on any atom is 0.257 e. The molecule has 1 aliphatic rings. The first-order valence-electron chi connectivity index (χ1n) is 9.74. The van der Waals surface area contributed by atoms with Crippen LogP contribution in [0.2, 0.25) is 0 Å². The van der Waals surface area contributed by atoms with Crippen LogP contribution in [0.1, 0.15) is 30.1 Å². The fraction of sp³-hybridized carbons (Fsp3) is 0.318. The number of para-hydroxylation sites is 1. The fourth-order valence-electron chi connectivity index (χ4n) is 3.75. The average molecular weight is 375 g/mol. The highest BCUT2D eigenvalue weighted by molar-refractivity contribution is 6.00. The molecule has 1 aromatic carbocycles. The third-order valence-electron chi connectivity index (χ3n) is 5.39. The van der Waals surface area contributed by atoms with Gasteiger partial charge in [0, 0.05) is 43.3 Å². The number of nitrogens with zero attached hydrogens (tertiary/aromatic N) is 4. The number of carbonyl (C=O) groups excluding carboxylic acids is 1. The molecule has 3 heterocycles. The van der Waals surface area contributed by atoms with E-state index in [9.17, 15) is 4.79 Å². The number of benzene rings is 1. The maximum absolute atomic E-state index is 13.4. The highest BCUT2D eigenvalue weighted by Gasteiger charge is 2.29. The predicted molar refractivity (Wildman–Crippen MR) is 109 cm³/mol. The molecule has 2 unspecified atom stereocenters. The molecular formula is C22H25N5O. The van der Waals surface area contributed by atoms with Gasteiger partial charge in [0.2, 0.25) is 0 Å². The van der Waals surface area contributed by atoms with Crippen molar-refractivity contribution >= 4 is 5.91 Å². The molecule has 0 spiro atoms. The molecule has 0 radical (unpaired) electrons. The molecule has 0 saturated carbocycles. The molecule has 2 atom stereocenters. The summed E-state index contributed by atoms with van der Waals surface area (Å²) < 4.78 is 1.77. The van der Waals surface area contributed by atoms with E-state index < -0.39 is 0 Å². The Balaban J connectivity index is 1.72. The van der Waals surface area contributed by atoms with Crippen LogP contribution < -0.4 is 5.73 Å². The van der Waals surface area contributed by atoms with Crippen LogP contribution in [0.3, 0.4) is 0 Å². The maximum atomic E-state index is 13.4. The standard InChI is InChI=1S/C22H25N5O/c1-16(23)18-8-6-12-26(14-18)22(28)20-15-27(19-9-3-2-4-10-19)25-21(20)17-7-5-11-24-13-17/h2-5,7,9-11,13,15-16,18H,6,8,12,14,23H2,1H3. The highest BCUT2D eigenvalue weighted by atomic mass is 16.2. The minimum Gasteiger partial charge on any atom is -0.338 e. The van der Waals surface area contributed by atoms with E-state index in [1.54, 1.807) is 17.1 Å². The summed E-state index contributed by atoms with van der Waals surface area (Å²) in [5.74, 6) is 0.343. The number of rotatable bonds is 4. The Morgan fingerprint density at radius 1 is 1.21 bits per heavy atom. The van der Waals surface area contributed by atoms with Gasteiger partial charge < -0.3 is 10.6 Å². The number of piperidine rings is 1. The van der Waals surface area contributed by atoms with Crippen LogP contribution in [0.4, 0.5) is 0 Å². The lowest BCUT2D eigenvalue weighted by molar-refractivity contribution is 0.0661. The first kappa shape index (κ1) is 18.4. The Labute approximate surface area is 165 Å². The molecule has 0 aliphatic carbocycles. The fourth-order valence-corrected chi connectivity index (χ4v) is 3.75. The number of aromatic nitrogens is 3. The van der Waals surface area contributed by atoms with Crippen molar-refractivity contribution in [1.29, 1.82) is 0 Å². The number of amides is 1. The average Bonchev–Trinajstić information content (AvgIpc) is 3.20. The van der Waals surface area contributed by atoms with Crippen molar-refractivity contribution in [3.63, 3.8) is 0 Å². The summed E-state index contributed by atoms with van der Waals surface area (Å²) >= 11 is 0. The summed E-state index contributed by atoms with van der Waals surface area (Å²) in [6, 6.07) is 13.7. The first-order valence-corrected chi connectivity index (χ1v) is 9.74. The summed E-state index contributed by atoms with van der Waals surface area (Å²) in [5.41, 5.74) is 9.11. The molecule has 6 heteroatoms. The largest absolute Gasteiger partial charge is 0.338 e. The Morgan fingerprint density at radius 3 is 2.75 bits per heavy atom. The molecule has 4 rings (SSSR count). The number of nitrogens with two attached hydrogens (primary N) is 1. The topological polar surface area (TPSA) is 77.0 Å². The number of hydrogen-bond acceptors (Lipinski definition) is 4. The zero-order valence-electron chi connectivity index (χ0n) is 16.0. The van der Waals surface area contributed by atoms with E-state index in [1.807, 2.05) is 60.5 Å². The van der Waals surface area contributed by atoms with Crippen molar-refractivity contribution in [3.05, 3.63) is 66.6 Å². The van der Waals surface area contributed by atoms with Gasteiger partial charge in [-0.1, -0.05) is 18.2 Å². The van der Waals surface area contributed by atoms with Crippen molar-refractivity contribution in [2.75, 3.05) is 13.1 Å². The lowest BCUT2D eigenvalue weighted by Gasteiger charge is -2.34. The highest BCUT2D eigenvalue weighted by Crippen LogP contribution is 2.27. The Hall–Kier alpha value is -2.99. The van der Waals surface area contributed by atoms with Gasteiger partial charge in [-0.3, -0.25) is 9.78 Å². The van der Waals surface area contributed by atoms with Crippen LogP contribution in [-0.4, -0.2) is 44.7 Å². The van der Waals surface area contributed by atoms with Gasteiger partial charge in [0.05, 0.1) is 11.3 Å². The summed E-state index contributed by atoms with van der Waals surface area (Å²) in [6.45, 7) is 3.47. The molecule has 0 bridgehead atoms. The van der Waals surface area contributed by atoms with Crippen molar-refractivity contribution < 1.29 is 4.79 Å². The molecule has 2 aromatic heterocycles. The first-order chi connectivity index (χ1) is 13.6. The van der Waals surface area contributed by atoms with Crippen molar-refractivity contribution in [2.45, 2.75) is 25.8 Å². The van der Waals surface area contributed by atoms with Crippen LogP contribution in [0.5, 0.6) is 0 Å². The van der Waals surface area contributed by atoms with Crippen LogP contribution in [0.15, 0.2) is 61.1 Å². The molecule has 3 aromatic rings. The molecule has 28 heavy (non-hydrogen) atoms. The van der Waals surface area contributed by atoms with Gasteiger partial charge in [-0.05, 0) is 49.9 Å². The van der Waals surface area contributed by atoms with E-state index >= 15 is 0 Å². The quantitative estimate of drug-likeness (QED) is 0.760. The van der Waals surface area contributed by atoms with E-state index in [1.165, 1.54) is 0 Å². The predicted octanol–water partition coefficient (Wildman–Crippen LogP) is 3.13. The zero-order chi connectivity index (χ0) is 19.5. The van der Waals surface area contributed by atoms with Gasteiger partial charge in [-0.25, -0.2) is 4.68 Å².